The normalized spacial score (nSPS) is 12.9. The fourth-order valence-electron chi connectivity index (χ4n) is 4.47. The minimum absolute atomic E-state index is 0.0403. The molecule has 1 aromatic heterocycles. The third kappa shape index (κ3) is 5.87. The van der Waals surface area contributed by atoms with Crippen LogP contribution in [-0.4, -0.2) is 45.5 Å². The van der Waals surface area contributed by atoms with Crippen molar-refractivity contribution in [2.75, 3.05) is 11.9 Å². The first kappa shape index (κ1) is 24.0. The van der Waals surface area contributed by atoms with Crippen molar-refractivity contribution >= 4 is 23.7 Å². The Balaban J connectivity index is 1.30. The Hall–Kier alpha value is -4.14. The van der Waals surface area contributed by atoms with E-state index < -0.39 is 18.1 Å². The maximum absolute atomic E-state index is 12.4. The van der Waals surface area contributed by atoms with Crippen molar-refractivity contribution in [3.05, 3.63) is 72.1 Å². The summed E-state index contributed by atoms with van der Waals surface area (Å²) >= 11 is 0. The highest BCUT2D eigenvalue weighted by Crippen LogP contribution is 2.44. The van der Waals surface area contributed by atoms with E-state index >= 15 is 0 Å². The maximum Gasteiger partial charge on any atom is 0.411 e. The summed E-state index contributed by atoms with van der Waals surface area (Å²) in [5.41, 5.74) is 4.96. The SMILES string of the molecule is CCCC(CC(=O)O)NC(=O)Cn1cc(NC(=O)OCC2c3ccccc3-c3ccccc32)cn1. The molecule has 9 heteroatoms. The highest BCUT2D eigenvalue weighted by Gasteiger charge is 2.29. The summed E-state index contributed by atoms with van der Waals surface area (Å²) in [7, 11) is 0. The molecule has 1 unspecified atom stereocenters. The number of nitrogens with one attached hydrogen (secondary N) is 2. The van der Waals surface area contributed by atoms with E-state index in [-0.39, 0.29) is 31.4 Å². The molecule has 0 fully saturated rings. The van der Waals surface area contributed by atoms with E-state index in [2.05, 4.69) is 40.0 Å². The fraction of sp³-hybridized carbons (Fsp3) is 0.308. The van der Waals surface area contributed by atoms with E-state index in [0.717, 1.165) is 28.7 Å². The number of amides is 2. The smallest absolute Gasteiger partial charge is 0.411 e. The number of rotatable bonds is 10. The van der Waals surface area contributed by atoms with Crippen LogP contribution in [0.25, 0.3) is 11.1 Å². The lowest BCUT2D eigenvalue weighted by Crippen LogP contribution is -2.38. The minimum atomic E-state index is -0.961. The molecule has 0 saturated heterocycles. The average molecular weight is 477 g/mol. The Bertz CT molecular complexity index is 1180. The molecule has 3 aromatic rings. The summed E-state index contributed by atoms with van der Waals surface area (Å²) in [4.78, 5) is 35.7. The van der Waals surface area contributed by atoms with Crippen LogP contribution in [0.3, 0.4) is 0 Å². The predicted molar refractivity (Wildman–Crippen MR) is 130 cm³/mol. The number of fused-ring (bicyclic) bond motifs is 3. The fourth-order valence-corrected chi connectivity index (χ4v) is 4.47. The summed E-state index contributed by atoms with van der Waals surface area (Å²) in [6.07, 6.45) is 3.54. The molecule has 0 bridgehead atoms. The molecule has 2 amide bonds. The first-order chi connectivity index (χ1) is 16.9. The second-order valence-corrected chi connectivity index (χ2v) is 8.53. The van der Waals surface area contributed by atoms with Gasteiger partial charge in [0.2, 0.25) is 5.91 Å². The lowest BCUT2D eigenvalue weighted by molar-refractivity contribution is -0.137. The molecule has 1 aliphatic carbocycles. The van der Waals surface area contributed by atoms with Gasteiger partial charge >= 0.3 is 12.1 Å². The van der Waals surface area contributed by atoms with Crippen molar-refractivity contribution < 1.29 is 24.2 Å². The van der Waals surface area contributed by atoms with E-state index in [9.17, 15) is 14.4 Å². The van der Waals surface area contributed by atoms with Gasteiger partial charge in [0.25, 0.3) is 0 Å². The summed E-state index contributed by atoms with van der Waals surface area (Å²) in [6.45, 7) is 2.03. The molecule has 3 N–H and O–H groups in total. The van der Waals surface area contributed by atoms with Crippen molar-refractivity contribution in [3.8, 4) is 11.1 Å². The topological polar surface area (TPSA) is 123 Å². The number of hydrogen-bond acceptors (Lipinski definition) is 5. The van der Waals surface area contributed by atoms with Crippen LogP contribution >= 0.6 is 0 Å². The predicted octanol–water partition coefficient (Wildman–Crippen LogP) is 4.00. The van der Waals surface area contributed by atoms with Crippen molar-refractivity contribution in [2.24, 2.45) is 0 Å². The third-order valence-corrected chi connectivity index (χ3v) is 5.95. The van der Waals surface area contributed by atoms with E-state index in [1.807, 2.05) is 31.2 Å². The Labute approximate surface area is 203 Å². The standard InChI is InChI=1S/C26H28N4O5/c1-2-7-17(12-25(32)33)28-24(31)15-30-14-18(13-27-30)29-26(34)35-16-23-21-10-5-3-8-19(21)20-9-4-6-11-22(20)23/h3-6,8-11,13-14,17,23H,2,7,12,15-16H2,1H3,(H,28,31)(H,29,34)(H,32,33). The zero-order valence-electron chi connectivity index (χ0n) is 19.4. The van der Waals surface area contributed by atoms with Crippen LogP contribution in [0.1, 0.15) is 43.2 Å². The van der Waals surface area contributed by atoms with Gasteiger partial charge in [-0.3, -0.25) is 19.6 Å². The highest BCUT2D eigenvalue weighted by atomic mass is 16.5. The van der Waals surface area contributed by atoms with E-state index in [0.29, 0.717) is 12.1 Å². The summed E-state index contributed by atoms with van der Waals surface area (Å²) in [5, 5.41) is 18.4. The molecule has 4 rings (SSSR count). The van der Waals surface area contributed by atoms with Gasteiger partial charge in [-0.05, 0) is 28.7 Å². The molecule has 1 heterocycles. The van der Waals surface area contributed by atoms with Gasteiger partial charge < -0.3 is 15.2 Å². The van der Waals surface area contributed by atoms with Gasteiger partial charge in [-0.15, -0.1) is 0 Å². The summed E-state index contributed by atoms with van der Waals surface area (Å²) < 4.78 is 6.90. The quantitative estimate of drug-likeness (QED) is 0.406. The van der Waals surface area contributed by atoms with E-state index in [1.165, 1.54) is 17.1 Å². The number of aromatic nitrogens is 2. The highest BCUT2D eigenvalue weighted by molar-refractivity contribution is 5.85. The summed E-state index contributed by atoms with van der Waals surface area (Å²) in [5.74, 6) is -1.35. The number of anilines is 1. The largest absolute Gasteiger partial charge is 0.481 e. The molecule has 0 spiro atoms. The molecule has 2 aromatic carbocycles. The molecule has 35 heavy (non-hydrogen) atoms. The van der Waals surface area contributed by atoms with Crippen LogP contribution in [0.15, 0.2) is 60.9 Å². The van der Waals surface area contributed by atoms with Crippen LogP contribution in [0.4, 0.5) is 10.5 Å². The monoisotopic (exact) mass is 476 g/mol. The lowest BCUT2D eigenvalue weighted by atomic mass is 9.98. The van der Waals surface area contributed by atoms with Crippen molar-refractivity contribution in [3.63, 3.8) is 0 Å². The van der Waals surface area contributed by atoms with Crippen LogP contribution in [0.5, 0.6) is 0 Å². The molecule has 1 atom stereocenters. The van der Waals surface area contributed by atoms with Crippen molar-refractivity contribution in [1.82, 2.24) is 15.1 Å². The number of nitrogens with zero attached hydrogens (tertiary/aromatic N) is 2. The minimum Gasteiger partial charge on any atom is -0.481 e. The molecule has 0 saturated carbocycles. The molecular weight excluding hydrogens is 448 g/mol. The van der Waals surface area contributed by atoms with Gasteiger partial charge in [-0.25, -0.2) is 4.79 Å². The van der Waals surface area contributed by atoms with Gasteiger partial charge in [0.1, 0.15) is 13.2 Å². The lowest BCUT2D eigenvalue weighted by Gasteiger charge is -2.16. The Kier molecular flexibility index (Phi) is 7.45. The second kappa shape index (κ2) is 10.9. The van der Waals surface area contributed by atoms with Gasteiger partial charge in [0, 0.05) is 18.2 Å². The Morgan fingerprint density at radius 3 is 2.37 bits per heavy atom. The van der Waals surface area contributed by atoms with Crippen molar-refractivity contribution in [1.29, 1.82) is 0 Å². The number of benzene rings is 2. The van der Waals surface area contributed by atoms with Crippen LogP contribution in [0, 0.1) is 0 Å². The van der Waals surface area contributed by atoms with Crippen LogP contribution in [0.2, 0.25) is 0 Å². The molecular formula is C26H28N4O5. The number of carboxylic acids is 1. The average Bonchev–Trinajstić information content (AvgIpc) is 3.39. The number of carboxylic acid groups (broad SMARTS) is 1. The number of carbonyl (C=O) groups excluding carboxylic acids is 2. The zero-order valence-corrected chi connectivity index (χ0v) is 19.4. The first-order valence-corrected chi connectivity index (χ1v) is 11.6. The molecule has 0 radical (unpaired) electrons. The summed E-state index contributed by atoms with van der Waals surface area (Å²) in [6, 6.07) is 15.8. The van der Waals surface area contributed by atoms with Crippen LogP contribution < -0.4 is 10.6 Å². The number of aliphatic carboxylic acids is 1. The zero-order chi connectivity index (χ0) is 24.8. The number of hydrogen-bond donors (Lipinski definition) is 3. The van der Waals surface area contributed by atoms with Gasteiger partial charge in [-0.1, -0.05) is 61.9 Å². The van der Waals surface area contributed by atoms with Gasteiger partial charge in [0.15, 0.2) is 0 Å². The van der Waals surface area contributed by atoms with E-state index in [4.69, 9.17) is 9.84 Å². The number of carbonyl (C=O) groups is 3. The van der Waals surface area contributed by atoms with Crippen LogP contribution in [-0.2, 0) is 20.9 Å². The molecule has 182 valence electrons. The molecule has 0 aliphatic heterocycles. The van der Waals surface area contributed by atoms with Crippen molar-refractivity contribution in [2.45, 2.75) is 44.7 Å². The maximum atomic E-state index is 12.4. The van der Waals surface area contributed by atoms with E-state index in [1.54, 1.807) is 0 Å². The first-order valence-electron chi connectivity index (χ1n) is 11.6. The molecule has 1 aliphatic rings. The Morgan fingerprint density at radius 1 is 1.09 bits per heavy atom. The molecule has 9 nitrogen and oxygen atoms in total. The third-order valence-electron chi connectivity index (χ3n) is 5.95. The number of ether oxygens (including phenoxy) is 1. The van der Waals surface area contributed by atoms with Gasteiger partial charge in [-0.2, -0.15) is 5.10 Å². The second-order valence-electron chi connectivity index (χ2n) is 8.53. The van der Waals surface area contributed by atoms with Gasteiger partial charge in [0.05, 0.1) is 18.3 Å². The Morgan fingerprint density at radius 2 is 1.74 bits per heavy atom.